The molecule has 0 saturated heterocycles. The minimum atomic E-state index is -3.69. The van der Waals surface area contributed by atoms with E-state index in [1.807, 2.05) is 19.9 Å². The Labute approximate surface area is 167 Å². The third-order valence-electron chi connectivity index (χ3n) is 5.81. The van der Waals surface area contributed by atoms with Crippen LogP contribution in [0.5, 0.6) is 0 Å². The van der Waals surface area contributed by atoms with Crippen LogP contribution in [0.25, 0.3) is 0 Å². The fraction of sp³-hybridized carbons (Fsp3) is 0.619. The predicted octanol–water partition coefficient (Wildman–Crippen LogP) is 5.69. The van der Waals surface area contributed by atoms with Crippen molar-refractivity contribution >= 4 is 18.4 Å². The Morgan fingerprint density at radius 2 is 1.74 bits per heavy atom. The van der Waals surface area contributed by atoms with Crippen LogP contribution in [0.4, 0.5) is 0 Å². The molecule has 6 heteroatoms. The molecule has 0 aliphatic carbocycles. The van der Waals surface area contributed by atoms with Crippen LogP contribution in [-0.2, 0) is 18.7 Å². The smallest absolute Gasteiger partial charge is 0.296 e. The largest absolute Gasteiger partial charge is 0.413 e. The molecule has 0 amide bonds. The Morgan fingerprint density at radius 1 is 1.19 bits per heavy atom. The minimum Gasteiger partial charge on any atom is -0.413 e. The van der Waals surface area contributed by atoms with E-state index in [0.29, 0.717) is 18.9 Å². The molecular weight excluding hydrogens is 376 g/mol. The van der Waals surface area contributed by atoms with Crippen LogP contribution < -0.4 is 0 Å². The Hall–Kier alpha value is -0.953. The van der Waals surface area contributed by atoms with Gasteiger partial charge in [-0.3, -0.25) is 4.18 Å². The van der Waals surface area contributed by atoms with Crippen LogP contribution in [0.3, 0.4) is 0 Å². The van der Waals surface area contributed by atoms with Crippen molar-refractivity contribution in [3.8, 4) is 0 Å². The summed E-state index contributed by atoms with van der Waals surface area (Å²) in [4.78, 5) is 0.195. The maximum atomic E-state index is 12.2. The average Bonchev–Trinajstić information content (AvgIpc) is 2.57. The van der Waals surface area contributed by atoms with Gasteiger partial charge in [0.1, 0.15) is 0 Å². The lowest BCUT2D eigenvalue weighted by molar-refractivity contribution is 0.290. The number of rotatable bonds is 10. The maximum absolute atomic E-state index is 12.2. The summed E-state index contributed by atoms with van der Waals surface area (Å²) < 4.78 is 35.8. The first-order valence-electron chi connectivity index (χ1n) is 9.55. The van der Waals surface area contributed by atoms with Crippen molar-refractivity contribution in [1.29, 1.82) is 0 Å². The van der Waals surface area contributed by atoms with Gasteiger partial charge in [-0.2, -0.15) is 8.42 Å². The number of aryl methyl sites for hydroxylation is 1. The van der Waals surface area contributed by atoms with Crippen LogP contribution in [0.2, 0.25) is 18.1 Å². The summed E-state index contributed by atoms with van der Waals surface area (Å²) in [6.45, 7) is 18.2. The van der Waals surface area contributed by atoms with Gasteiger partial charge in [0.25, 0.3) is 10.1 Å². The third kappa shape index (κ3) is 6.86. The fourth-order valence-corrected chi connectivity index (χ4v) is 5.74. The predicted molar refractivity (Wildman–Crippen MR) is 115 cm³/mol. The summed E-state index contributed by atoms with van der Waals surface area (Å²) in [5, 5.41) is 0.179. The molecule has 0 aliphatic heterocycles. The van der Waals surface area contributed by atoms with Crippen molar-refractivity contribution < 1.29 is 17.0 Å². The first-order valence-corrected chi connectivity index (χ1v) is 13.9. The number of benzene rings is 1. The topological polar surface area (TPSA) is 52.6 Å². The standard InChI is InChI=1S/C21H36O4SSi/c1-17(2)21(5,6)27(7,8)25-16-19(4)10-9-15-24-26(22,23)20-13-11-18(3)12-14-20/h10-14,17H,9,15-16H2,1-8H3/b19-10+. The average molecular weight is 413 g/mol. The molecule has 0 aromatic heterocycles. The summed E-state index contributed by atoms with van der Waals surface area (Å²) in [6.07, 6.45) is 2.54. The van der Waals surface area contributed by atoms with Gasteiger partial charge in [0, 0.05) is 0 Å². The summed E-state index contributed by atoms with van der Waals surface area (Å²) in [5.74, 6) is 0.559. The quantitative estimate of drug-likeness (QED) is 0.214. The maximum Gasteiger partial charge on any atom is 0.296 e. The summed E-state index contributed by atoms with van der Waals surface area (Å²) in [6, 6.07) is 6.68. The molecule has 0 N–H and O–H groups in total. The van der Waals surface area contributed by atoms with E-state index in [1.54, 1.807) is 24.3 Å². The van der Waals surface area contributed by atoms with Crippen molar-refractivity contribution in [2.75, 3.05) is 13.2 Å². The van der Waals surface area contributed by atoms with Crippen LogP contribution >= 0.6 is 0 Å². The summed E-state index contributed by atoms with van der Waals surface area (Å²) in [5.41, 5.74) is 2.12. The first-order chi connectivity index (χ1) is 12.3. The van der Waals surface area contributed by atoms with Gasteiger partial charge in [-0.15, -0.1) is 0 Å². The highest BCUT2D eigenvalue weighted by Gasteiger charge is 2.43. The lowest BCUT2D eigenvalue weighted by atomic mass is 9.99. The molecule has 0 unspecified atom stereocenters. The monoisotopic (exact) mass is 412 g/mol. The lowest BCUT2D eigenvalue weighted by Gasteiger charge is -2.42. The molecule has 1 rings (SSSR count). The van der Waals surface area contributed by atoms with E-state index in [0.717, 1.165) is 11.1 Å². The second-order valence-corrected chi connectivity index (χ2v) is 14.8. The fourth-order valence-electron chi connectivity index (χ4n) is 2.47. The number of hydrogen-bond acceptors (Lipinski definition) is 4. The molecule has 27 heavy (non-hydrogen) atoms. The van der Waals surface area contributed by atoms with Gasteiger partial charge in [0.2, 0.25) is 0 Å². The van der Waals surface area contributed by atoms with Crippen molar-refractivity contribution in [2.45, 2.75) is 71.0 Å². The highest BCUT2D eigenvalue weighted by molar-refractivity contribution is 7.86. The summed E-state index contributed by atoms with van der Waals surface area (Å²) in [7, 11) is -5.54. The van der Waals surface area contributed by atoms with Crippen molar-refractivity contribution in [3.63, 3.8) is 0 Å². The molecule has 1 aromatic carbocycles. The molecule has 0 atom stereocenters. The van der Waals surface area contributed by atoms with E-state index in [1.165, 1.54) is 0 Å². The third-order valence-corrected chi connectivity index (χ3v) is 11.7. The van der Waals surface area contributed by atoms with E-state index in [4.69, 9.17) is 8.61 Å². The van der Waals surface area contributed by atoms with Gasteiger partial charge in [-0.25, -0.2) is 0 Å². The summed E-state index contributed by atoms with van der Waals surface area (Å²) >= 11 is 0. The van der Waals surface area contributed by atoms with Crippen molar-refractivity contribution in [1.82, 2.24) is 0 Å². The molecule has 0 radical (unpaired) electrons. The molecule has 0 fully saturated rings. The van der Waals surface area contributed by atoms with Crippen LogP contribution in [0.15, 0.2) is 40.8 Å². The highest BCUT2D eigenvalue weighted by Crippen LogP contribution is 2.44. The Morgan fingerprint density at radius 3 is 2.26 bits per heavy atom. The van der Waals surface area contributed by atoms with Crippen LogP contribution in [0, 0.1) is 12.8 Å². The minimum absolute atomic E-state index is 0.131. The Kier molecular flexibility index (Phi) is 8.47. The van der Waals surface area contributed by atoms with Crippen molar-refractivity contribution in [2.24, 2.45) is 5.92 Å². The zero-order chi connectivity index (χ0) is 20.9. The van der Waals surface area contributed by atoms with E-state index in [-0.39, 0.29) is 16.5 Å². The molecule has 0 saturated carbocycles. The zero-order valence-electron chi connectivity index (χ0n) is 18.1. The Bertz CT molecular complexity index is 732. The molecule has 0 heterocycles. The van der Waals surface area contributed by atoms with Crippen LogP contribution in [0.1, 0.15) is 46.6 Å². The van der Waals surface area contributed by atoms with Gasteiger partial charge in [-0.1, -0.05) is 57.0 Å². The second-order valence-electron chi connectivity index (χ2n) is 8.60. The lowest BCUT2D eigenvalue weighted by Crippen LogP contribution is -2.45. The normalized spacial score (nSPS) is 14.0. The van der Waals surface area contributed by atoms with Crippen LogP contribution in [-0.4, -0.2) is 29.9 Å². The van der Waals surface area contributed by atoms with E-state index in [2.05, 4.69) is 40.8 Å². The molecular formula is C21H36O4SSi. The van der Waals surface area contributed by atoms with E-state index >= 15 is 0 Å². The second kappa shape index (κ2) is 9.50. The SMILES string of the molecule is C/C(=C\CCOS(=O)(=O)c1ccc(C)cc1)CO[Si](C)(C)C(C)(C)C(C)C. The van der Waals surface area contributed by atoms with Gasteiger partial charge in [0.05, 0.1) is 18.1 Å². The molecule has 0 bridgehead atoms. The van der Waals surface area contributed by atoms with Gasteiger partial charge in [-0.05, 0) is 56.5 Å². The highest BCUT2D eigenvalue weighted by atomic mass is 32.2. The molecule has 1 aromatic rings. The molecule has 4 nitrogen and oxygen atoms in total. The van der Waals surface area contributed by atoms with E-state index in [9.17, 15) is 8.42 Å². The van der Waals surface area contributed by atoms with Gasteiger partial charge >= 0.3 is 0 Å². The molecule has 0 aliphatic rings. The molecule has 154 valence electrons. The van der Waals surface area contributed by atoms with Gasteiger partial charge < -0.3 is 4.43 Å². The van der Waals surface area contributed by atoms with Gasteiger partial charge in [0.15, 0.2) is 8.32 Å². The van der Waals surface area contributed by atoms with E-state index < -0.39 is 18.4 Å². The molecule has 0 spiro atoms. The number of hydrogen-bond donors (Lipinski definition) is 0. The van der Waals surface area contributed by atoms with Crippen molar-refractivity contribution in [3.05, 3.63) is 41.5 Å². The zero-order valence-corrected chi connectivity index (χ0v) is 19.9. The Balaban J connectivity index is 2.52. The first kappa shape index (κ1) is 24.1.